The van der Waals surface area contributed by atoms with Gasteiger partial charge < -0.3 is 14.3 Å². The van der Waals surface area contributed by atoms with Crippen LogP contribution in [0.5, 0.6) is 5.75 Å². The van der Waals surface area contributed by atoms with Gasteiger partial charge in [-0.2, -0.15) is 0 Å². The van der Waals surface area contributed by atoms with Crippen molar-refractivity contribution in [3.63, 3.8) is 0 Å². The van der Waals surface area contributed by atoms with Crippen LogP contribution >= 0.6 is 8.60 Å². The van der Waals surface area contributed by atoms with Crippen LogP contribution < -0.4 is 4.52 Å². The van der Waals surface area contributed by atoms with Gasteiger partial charge in [0.25, 0.3) is 0 Å². The molecule has 0 aliphatic carbocycles. The van der Waals surface area contributed by atoms with E-state index in [4.69, 9.17) is 4.52 Å². The molecule has 0 spiro atoms. The Labute approximate surface area is 181 Å². The van der Waals surface area contributed by atoms with Gasteiger partial charge in [-0.1, -0.05) is 87.4 Å². The Morgan fingerprint density at radius 1 is 0.700 bits per heavy atom. The summed E-state index contributed by atoms with van der Waals surface area (Å²) >= 11 is 0. The zero-order valence-corrected chi connectivity index (χ0v) is 18.7. The molecule has 0 saturated carbocycles. The van der Waals surface area contributed by atoms with E-state index in [9.17, 15) is 9.79 Å². The van der Waals surface area contributed by atoms with Crippen LogP contribution in [0.25, 0.3) is 22.3 Å². The summed E-state index contributed by atoms with van der Waals surface area (Å²) in [7, 11) is -2.51. The minimum Gasteiger partial charge on any atom is -0.426 e. The Kier molecular flexibility index (Phi) is 8.45. The van der Waals surface area contributed by atoms with Crippen LogP contribution in [0.3, 0.4) is 0 Å². The van der Waals surface area contributed by atoms with Crippen LogP contribution in [0.4, 0.5) is 0 Å². The van der Waals surface area contributed by atoms with Crippen LogP contribution in [0.1, 0.15) is 50.7 Å². The maximum absolute atomic E-state index is 9.66. The first-order valence-corrected chi connectivity index (χ1v) is 12.0. The molecule has 0 aliphatic rings. The lowest BCUT2D eigenvalue weighted by atomic mass is 9.85. The summed E-state index contributed by atoms with van der Waals surface area (Å²) in [5, 5.41) is 0. The van der Waals surface area contributed by atoms with Gasteiger partial charge in [-0.05, 0) is 59.6 Å². The van der Waals surface area contributed by atoms with Crippen molar-refractivity contribution in [1.82, 2.24) is 0 Å². The van der Waals surface area contributed by atoms with E-state index >= 15 is 0 Å². The molecule has 0 amide bonds. The van der Waals surface area contributed by atoms with Gasteiger partial charge in [0.2, 0.25) is 0 Å². The monoisotopic (exact) mass is 422 g/mol. The van der Waals surface area contributed by atoms with E-state index in [0.717, 1.165) is 55.2 Å². The van der Waals surface area contributed by atoms with Gasteiger partial charge >= 0.3 is 8.60 Å². The van der Waals surface area contributed by atoms with Crippen LogP contribution in [0.2, 0.25) is 0 Å². The van der Waals surface area contributed by atoms with Gasteiger partial charge in [-0.15, -0.1) is 0 Å². The predicted molar refractivity (Wildman–Crippen MR) is 127 cm³/mol. The van der Waals surface area contributed by atoms with Crippen molar-refractivity contribution >= 4 is 8.60 Å². The highest BCUT2D eigenvalue weighted by Crippen LogP contribution is 2.46. The average Bonchev–Trinajstić information content (AvgIpc) is 2.76. The van der Waals surface area contributed by atoms with Crippen LogP contribution in [0.15, 0.2) is 66.7 Å². The number of aryl methyl sites for hydroxylation is 2. The predicted octanol–water partition coefficient (Wildman–Crippen LogP) is 7.30. The lowest BCUT2D eigenvalue weighted by Gasteiger charge is -2.22. The fourth-order valence-electron chi connectivity index (χ4n) is 3.94. The summed E-state index contributed by atoms with van der Waals surface area (Å²) < 4.78 is 5.56. The van der Waals surface area contributed by atoms with E-state index in [-0.39, 0.29) is 0 Å². The first-order valence-electron chi connectivity index (χ1n) is 10.8. The summed E-state index contributed by atoms with van der Waals surface area (Å²) in [6.45, 7) is 4.41. The summed E-state index contributed by atoms with van der Waals surface area (Å²) in [4.78, 5) is 19.3. The fourth-order valence-corrected chi connectivity index (χ4v) is 4.26. The highest BCUT2D eigenvalue weighted by Gasteiger charge is 2.21. The molecule has 0 radical (unpaired) electrons. The number of unbranched alkanes of at least 4 members (excludes halogenated alkanes) is 2. The van der Waals surface area contributed by atoms with Crippen molar-refractivity contribution in [2.24, 2.45) is 0 Å². The molecule has 158 valence electrons. The maximum Gasteiger partial charge on any atom is 0.391 e. The Bertz CT molecular complexity index is 912. The van der Waals surface area contributed by atoms with E-state index in [0.29, 0.717) is 5.75 Å². The molecule has 3 aromatic carbocycles. The third kappa shape index (κ3) is 5.49. The summed E-state index contributed by atoms with van der Waals surface area (Å²) in [5.41, 5.74) is 6.86. The van der Waals surface area contributed by atoms with Gasteiger partial charge in [-0.25, -0.2) is 0 Å². The minimum absolute atomic E-state index is 0.522. The Hall–Kier alpha value is -2.19. The van der Waals surface area contributed by atoms with E-state index in [1.165, 1.54) is 16.7 Å². The standard InChI is InChI=1S/C26H31O3P/c1-3-5-12-21-16-10-17-22(13-6-4-2)25(21)26-23(20-14-8-7-9-15-20)18-11-19-24(26)29-30(27)28/h7-11,14-19,27-28H,3-6,12-13H2,1-2H3. The molecule has 3 nitrogen and oxygen atoms in total. The van der Waals surface area contributed by atoms with Gasteiger partial charge in [0.15, 0.2) is 0 Å². The molecule has 0 bridgehead atoms. The zero-order chi connectivity index (χ0) is 21.3. The van der Waals surface area contributed by atoms with Crippen molar-refractivity contribution in [3.8, 4) is 28.0 Å². The van der Waals surface area contributed by atoms with Crippen molar-refractivity contribution in [1.29, 1.82) is 0 Å². The SMILES string of the molecule is CCCCc1cccc(CCCC)c1-c1c(OP(O)O)cccc1-c1ccccc1. The van der Waals surface area contributed by atoms with Gasteiger partial charge in [0.1, 0.15) is 5.75 Å². The third-order valence-electron chi connectivity index (χ3n) is 5.38. The number of rotatable bonds is 10. The van der Waals surface area contributed by atoms with Gasteiger partial charge in [0.05, 0.1) is 0 Å². The van der Waals surface area contributed by atoms with Crippen LogP contribution in [-0.4, -0.2) is 9.79 Å². The second-order valence-corrected chi connectivity index (χ2v) is 8.24. The summed E-state index contributed by atoms with van der Waals surface area (Å²) in [6.07, 6.45) is 6.45. The highest BCUT2D eigenvalue weighted by atomic mass is 31.2. The Balaban J connectivity index is 2.29. The van der Waals surface area contributed by atoms with Crippen molar-refractivity contribution in [3.05, 3.63) is 77.9 Å². The van der Waals surface area contributed by atoms with Crippen LogP contribution in [0, 0.1) is 0 Å². The number of hydrogen-bond acceptors (Lipinski definition) is 3. The van der Waals surface area contributed by atoms with Crippen LogP contribution in [-0.2, 0) is 12.8 Å². The lowest BCUT2D eigenvalue weighted by molar-refractivity contribution is 0.375. The molecule has 0 aromatic heterocycles. The molecule has 2 N–H and O–H groups in total. The van der Waals surface area contributed by atoms with Crippen molar-refractivity contribution < 1.29 is 14.3 Å². The highest BCUT2D eigenvalue weighted by molar-refractivity contribution is 7.39. The summed E-state index contributed by atoms with van der Waals surface area (Å²) in [5.74, 6) is 0.522. The van der Waals surface area contributed by atoms with E-state index in [1.54, 1.807) is 0 Å². The molecule has 0 unspecified atom stereocenters. The first kappa shape index (κ1) is 22.5. The molecule has 30 heavy (non-hydrogen) atoms. The maximum atomic E-state index is 9.66. The van der Waals surface area contributed by atoms with Crippen molar-refractivity contribution in [2.45, 2.75) is 52.4 Å². The normalized spacial score (nSPS) is 11.1. The Morgan fingerprint density at radius 3 is 1.87 bits per heavy atom. The minimum atomic E-state index is -2.51. The van der Waals surface area contributed by atoms with E-state index < -0.39 is 8.60 Å². The quantitative estimate of drug-likeness (QED) is 0.337. The molecule has 0 saturated heterocycles. The molecule has 0 heterocycles. The lowest BCUT2D eigenvalue weighted by Crippen LogP contribution is -2.01. The smallest absolute Gasteiger partial charge is 0.391 e. The largest absolute Gasteiger partial charge is 0.426 e. The second-order valence-electron chi connectivity index (χ2n) is 7.55. The molecule has 3 rings (SSSR count). The van der Waals surface area contributed by atoms with E-state index in [1.807, 2.05) is 30.3 Å². The molecular weight excluding hydrogens is 391 g/mol. The molecular formula is C26H31O3P. The average molecular weight is 423 g/mol. The topological polar surface area (TPSA) is 49.7 Å². The zero-order valence-electron chi connectivity index (χ0n) is 17.8. The molecule has 0 aliphatic heterocycles. The number of benzene rings is 3. The summed E-state index contributed by atoms with van der Waals surface area (Å²) in [6, 6.07) is 22.6. The Morgan fingerprint density at radius 2 is 1.30 bits per heavy atom. The van der Waals surface area contributed by atoms with Crippen molar-refractivity contribution in [2.75, 3.05) is 0 Å². The number of hydrogen-bond donors (Lipinski definition) is 2. The molecule has 0 fully saturated rings. The molecule has 3 aromatic rings. The first-order chi connectivity index (χ1) is 14.7. The second kappa shape index (κ2) is 11.3. The van der Waals surface area contributed by atoms with E-state index in [2.05, 4.69) is 50.2 Å². The van der Waals surface area contributed by atoms with Gasteiger partial charge in [0, 0.05) is 5.56 Å². The third-order valence-corrected chi connectivity index (χ3v) is 5.74. The van der Waals surface area contributed by atoms with Gasteiger partial charge in [-0.3, -0.25) is 0 Å². The molecule has 4 heteroatoms. The molecule has 0 atom stereocenters. The fraction of sp³-hybridized carbons (Fsp3) is 0.308.